The van der Waals surface area contributed by atoms with Gasteiger partial charge in [-0.15, -0.1) is 10.2 Å². The predicted octanol–water partition coefficient (Wildman–Crippen LogP) is 0.596. The molecule has 0 aliphatic heterocycles. The molecule has 10 heteroatoms. The third kappa shape index (κ3) is 4.25. The second-order valence-corrected chi connectivity index (χ2v) is 5.49. The molecule has 0 radical (unpaired) electrons. The highest BCUT2D eigenvalue weighted by Crippen LogP contribution is 2.23. The Hall–Kier alpha value is -2.49. The van der Waals surface area contributed by atoms with Crippen molar-refractivity contribution in [1.29, 1.82) is 0 Å². The number of nitrogens with two attached hydrogens (primary N) is 1. The summed E-state index contributed by atoms with van der Waals surface area (Å²) in [6.45, 7) is 1.93. The first-order chi connectivity index (χ1) is 11.0. The number of nitrogen functional groups attached to an aromatic ring is 1. The molecule has 0 saturated carbocycles. The fourth-order valence-corrected chi connectivity index (χ4v) is 2.64. The average Bonchev–Trinajstić information content (AvgIpc) is 3.19. The van der Waals surface area contributed by atoms with Crippen LogP contribution in [0.15, 0.2) is 28.0 Å². The van der Waals surface area contributed by atoms with E-state index in [0.29, 0.717) is 10.9 Å². The lowest BCUT2D eigenvalue weighted by molar-refractivity contribution is -0.137. The van der Waals surface area contributed by atoms with Gasteiger partial charge in [-0.3, -0.25) is 14.2 Å². The molecule has 0 aromatic carbocycles. The SMILES string of the molecule is COC(=O)CSc1nnc(N)n1C(C)C(=O)NCc1ccco1. The first kappa shape index (κ1) is 16.9. The average molecular weight is 339 g/mol. The van der Waals surface area contributed by atoms with Crippen molar-refractivity contribution in [3.8, 4) is 0 Å². The third-order valence-corrected chi connectivity index (χ3v) is 3.94. The number of aromatic nitrogens is 3. The Bertz CT molecular complexity index is 670. The van der Waals surface area contributed by atoms with E-state index in [4.69, 9.17) is 10.2 Å². The number of esters is 1. The summed E-state index contributed by atoms with van der Waals surface area (Å²) in [4.78, 5) is 23.5. The maximum atomic E-state index is 12.2. The van der Waals surface area contributed by atoms with Crippen molar-refractivity contribution in [3.05, 3.63) is 24.2 Å². The largest absolute Gasteiger partial charge is 0.468 e. The Kier molecular flexibility index (Phi) is 5.63. The van der Waals surface area contributed by atoms with Crippen molar-refractivity contribution >= 4 is 29.6 Å². The number of ether oxygens (including phenoxy) is 1. The summed E-state index contributed by atoms with van der Waals surface area (Å²) in [5, 5.41) is 10.7. The van der Waals surface area contributed by atoms with Crippen molar-refractivity contribution in [2.75, 3.05) is 18.6 Å². The zero-order chi connectivity index (χ0) is 16.8. The maximum Gasteiger partial charge on any atom is 0.316 e. The van der Waals surface area contributed by atoms with E-state index in [-0.39, 0.29) is 24.2 Å². The number of anilines is 1. The lowest BCUT2D eigenvalue weighted by Crippen LogP contribution is -2.31. The minimum Gasteiger partial charge on any atom is -0.468 e. The van der Waals surface area contributed by atoms with Crippen LogP contribution in [0.1, 0.15) is 18.7 Å². The van der Waals surface area contributed by atoms with Crippen LogP contribution in [-0.4, -0.2) is 39.5 Å². The molecule has 1 amide bonds. The summed E-state index contributed by atoms with van der Waals surface area (Å²) < 4.78 is 11.2. The molecule has 3 N–H and O–H groups in total. The minimum absolute atomic E-state index is 0.0510. The van der Waals surface area contributed by atoms with Crippen LogP contribution in [0.25, 0.3) is 0 Å². The van der Waals surface area contributed by atoms with Crippen LogP contribution in [0.4, 0.5) is 5.95 Å². The molecule has 2 rings (SSSR count). The molecule has 0 aliphatic carbocycles. The van der Waals surface area contributed by atoms with E-state index < -0.39 is 12.0 Å². The van der Waals surface area contributed by atoms with Gasteiger partial charge < -0.3 is 20.2 Å². The van der Waals surface area contributed by atoms with Crippen molar-refractivity contribution in [2.45, 2.75) is 24.7 Å². The predicted molar refractivity (Wildman–Crippen MR) is 82.4 cm³/mol. The molecule has 1 atom stereocenters. The lowest BCUT2D eigenvalue weighted by atomic mass is 10.3. The van der Waals surface area contributed by atoms with E-state index in [1.165, 1.54) is 17.9 Å². The van der Waals surface area contributed by atoms with Gasteiger partial charge in [0.25, 0.3) is 0 Å². The second-order valence-electron chi connectivity index (χ2n) is 4.55. The highest BCUT2D eigenvalue weighted by atomic mass is 32.2. The molecular weight excluding hydrogens is 322 g/mol. The Labute approximate surface area is 136 Å². The van der Waals surface area contributed by atoms with Gasteiger partial charge in [-0.2, -0.15) is 0 Å². The molecule has 0 aliphatic rings. The summed E-state index contributed by atoms with van der Waals surface area (Å²) in [7, 11) is 1.30. The number of amides is 1. The van der Waals surface area contributed by atoms with E-state index in [0.717, 1.165) is 11.8 Å². The summed E-state index contributed by atoms with van der Waals surface area (Å²) >= 11 is 1.10. The normalized spacial score (nSPS) is 11.9. The first-order valence-electron chi connectivity index (χ1n) is 6.73. The fourth-order valence-electron chi connectivity index (χ4n) is 1.79. The van der Waals surface area contributed by atoms with Crippen molar-refractivity contribution in [2.24, 2.45) is 0 Å². The maximum absolute atomic E-state index is 12.2. The van der Waals surface area contributed by atoms with Crippen LogP contribution in [0.2, 0.25) is 0 Å². The van der Waals surface area contributed by atoms with Gasteiger partial charge in [0.1, 0.15) is 11.8 Å². The van der Waals surface area contributed by atoms with Crippen LogP contribution in [-0.2, 0) is 20.9 Å². The number of hydrogen-bond donors (Lipinski definition) is 2. The number of nitrogens with zero attached hydrogens (tertiary/aromatic N) is 3. The molecule has 9 nitrogen and oxygen atoms in total. The summed E-state index contributed by atoms with van der Waals surface area (Å²) in [6.07, 6.45) is 1.53. The van der Waals surface area contributed by atoms with E-state index in [2.05, 4.69) is 20.3 Å². The molecule has 23 heavy (non-hydrogen) atoms. The number of thioether (sulfide) groups is 1. The molecule has 0 spiro atoms. The van der Waals surface area contributed by atoms with Crippen molar-refractivity contribution < 1.29 is 18.7 Å². The fraction of sp³-hybridized carbons (Fsp3) is 0.385. The minimum atomic E-state index is -0.639. The van der Waals surface area contributed by atoms with Gasteiger partial charge in [-0.25, -0.2) is 0 Å². The topological polar surface area (TPSA) is 125 Å². The van der Waals surface area contributed by atoms with Gasteiger partial charge in [0.05, 0.1) is 25.7 Å². The summed E-state index contributed by atoms with van der Waals surface area (Å²) in [5.74, 6) is 0.112. The number of rotatable bonds is 7. The molecule has 2 aromatic heterocycles. The highest BCUT2D eigenvalue weighted by Gasteiger charge is 2.22. The Morgan fingerprint density at radius 3 is 2.96 bits per heavy atom. The molecule has 0 bridgehead atoms. The monoisotopic (exact) mass is 339 g/mol. The van der Waals surface area contributed by atoms with E-state index in [1.54, 1.807) is 19.1 Å². The highest BCUT2D eigenvalue weighted by molar-refractivity contribution is 7.99. The van der Waals surface area contributed by atoms with Gasteiger partial charge in [-0.05, 0) is 19.1 Å². The standard InChI is InChI=1S/C13H17N5O4S/c1-8(11(20)15-6-9-4-3-5-22-9)18-12(14)16-17-13(18)23-7-10(19)21-2/h3-5,8H,6-7H2,1-2H3,(H2,14,16)(H,15,20). The number of methoxy groups -OCH3 is 1. The smallest absolute Gasteiger partial charge is 0.316 e. The van der Waals surface area contributed by atoms with Crippen LogP contribution in [0.3, 0.4) is 0 Å². The van der Waals surface area contributed by atoms with E-state index >= 15 is 0 Å². The Morgan fingerprint density at radius 2 is 2.30 bits per heavy atom. The number of furan rings is 1. The van der Waals surface area contributed by atoms with Gasteiger partial charge in [0.2, 0.25) is 11.9 Å². The first-order valence-corrected chi connectivity index (χ1v) is 7.71. The zero-order valence-corrected chi connectivity index (χ0v) is 13.5. The zero-order valence-electron chi connectivity index (χ0n) is 12.7. The van der Waals surface area contributed by atoms with Crippen LogP contribution >= 0.6 is 11.8 Å². The van der Waals surface area contributed by atoms with E-state index in [1.807, 2.05) is 0 Å². The Balaban J connectivity index is 2.02. The number of carbonyl (C=O) groups is 2. The van der Waals surface area contributed by atoms with Crippen LogP contribution < -0.4 is 11.1 Å². The molecule has 2 heterocycles. The van der Waals surface area contributed by atoms with E-state index in [9.17, 15) is 9.59 Å². The number of hydrogen-bond acceptors (Lipinski definition) is 8. The van der Waals surface area contributed by atoms with Gasteiger partial charge >= 0.3 is 5.97 Å². The van der Waals surface area contributed by atoms with Crippen LogP contribution in [0, 0.1) is 0 Å². The summed E-state index contributed by atoms with van der Waals surface area (Å²) in [6, 6.07) is 2.86. The quantitative estimate of drug-likeness (QED) is 0.555. The van der Waals surface area contributed by atoms with Gasteiger partial charge in [0, 0.05) is 0 Å². The Morgan fingerprint density at radius 1 is 1.52 bits per heavy atom. The van der Waals surface area contributed by atoms with Crippen molar-refractivity contribution in [1.82, 2.24) is 20.1 Å². The van der Waals surface area contributed by atoms with Gasteiger partial charge in [-0.1, -0.05) is 11.8 Å². The lowest BCUT2D eigenvalue weighted by Gasteiger charge is -2.15. The number of carbonyl (C=O) groups excluding carboxylic acids is 2. The number of nitrogens with one attached hydrogen (secondary N) is 1. The van der Waals surface area contributed by atoms with Crippen molar-refractivity contribution in [3.63, 3.8) is 0 Å². The third-order valence-electron chi connectivity index (χ3n) is 3.02. The molecular formula is C13H17N5O4S. The summed E-state index contributed by atoms with van der Waals surface area (Å²) in [5.41, 5.74) is 5.77. The molecule has 1 unspecified atom stereocenters. The molecule has 2 aromatic rings. The van der Waals surface area contributed by atoms with Crippen LogP contribution in [0.5, 0.6) is 0 Å². The molecule has 0 fully saturated rings. The molecule has 124 valence electrons. The van der Waals surface area contributed by atoms with Gasteiger partial charge in [0.15, 0.2) is 5.16 Å². The molecule has 0 saturated heterocycles. The second kappa shape index (κ2) is 7.68.